The van der Waals surface area contributed by atoms with E-state index in [2.05, 4.69) is 32.9 Å². The third kappa shape index (κ3) is 0.845. The third-order valence-corrected chi connectivity index (χ3v) is 4.89. The van der Waals surface area contributed by atoms with Gasteiger partial charge in [-0.25, -0.2) is 0 Å². The van der Waals surface area contributed by atoms with Gasteiger partial charge in [0, 0.05) is 0 Å². The van der Waals surface area contributed by atoms with Gasteiger partial charge in [0.25, 0.3) is 0 Å². The van der Waals surface area contributed by atoms with E-state index in [9.17, 15) is 0 Å². The zero-order chi connectivity index (χ0) is 10.6. The van der Waals surface area contributed by atoms with Crippen molar-refractivity contribution in [3.8, 4) is 12.1 Å². The molecule has 0 saturated heterocycles. The Bertz CT molecular complexity index is 328. The van der Waals surface area contributed by atoms with Crippen molar-refractivity contribution < 1.29 is 0 Å². The summed E-state index contributed by atoms with van der Waals surface area (Å²) < 4.78 is 0. The normalized spacial score (nSPS) is 41.6. The Kier molecular flexibility index (Phi) is 1.71. The fourth-order valence-corrected chi connectivity index (χ4v) is 3.49. The molecular formula is C12H16N2. The van der Waals surface area contributed by atoms with Crippen LogP contribution in [-0.2, 0) is 0 Å². The van der Waals surface area contributed by atoms with Gasteiger partial charge in [0.2, 0.25) is 0 Å². The molecule has 3 aliphatic rings. The second kappa shape index (κ2) is 2.51. The molecule has 74 valence electrons. The van der Waals surface area contributed by atoms with Crippen molar-refractivity contribution in [2.45, 2.75) is 33.6 Å². The van der Waals surface area contributed by atoms with Gasteiger partial charge in [-0.1, -0.05) is 20.8 Å². The fraction of sp³-hybridized carbons (Fsp3) is 0.833. The molecule has 0 amide bonds. The zero-order valence-electron chi connectivity index (χ0n) is 9.04. The Labute approximate surface area is 85.5 Å². The molecule has 3 unspecified atom stereocenters. The first-order valence-corrected chi connectivity index (χ1v) is 5.30. The summed E-state index contributed by atoms with van der Waals surface area (Å²) in [6, 6.07) is 4.51. The van der Waals surface area contributed by atoms with Crippen LogP contribution in [0.2, 0.25) is 0 Å². The lowest BCUT2D eigenvalue weighted by Gasteiger charge is -2.62. The molecule has 2 bridgehead atoms. The molecule has 2 heteroatoms. The summed E-state index contributed by atoms with van der Waals surface area (Å²) in [7, 11) is 0. The topological polar surface area (TPSA) is 47.6 Å². The van der Waals surface area contributed by atoms with E-state index >= 15 is 0 Å². The third-order valence-electron chi connectivity index (χ3n) is 4.89. The molecule has 0 aliphatic heterocycles. The first kappa shape index (κ1) is 9.53. The fourth-order valence-electron chi connectivity index (χ4n) is 3.49. The molecule has 0 aromatic carbocycles. The first-order valence-electron chi connectivity index (χ1n) is 5.30. The Morgan fingerprint density at radius 2 is 1.79 bits per heavy atom. The standard InChI is InChI=1S/C12H16N2/c1-8-10-4-9(11(10,2)3)5-12(8,6-13)7-14/h8-10H,4-5H2,1-3H3. The van der Waals surface area contributed by atoms with Crippen molar-refractivity contribution in [2.24, 2.45) is 28.6 Å². The molecule has 0 heterocycles. The minimum Gasteiger partial charge on any atom is -0.197 e. The van der Waals surface area contributed by atoms with Gasteiger partial charge in [-0.2, -0.15) is 10.5 Å². The lowest BCUT2D eigenvalue weighted by Crippen LogP contribution is -2.58. The van der Waals surface area contributed by atoms with Crippen molar-refractivity contribution in [1.82, 2.24) is 0 Å². The van der Waals surface area contributed by atoms with Gasteiger partial charge in [0.15, 0.2) is 0 Å². The summed E-state index contributed by atoms with van der Waals surface area (Å²) in [6.45, 7) is 6.64. The lowest BCUT2D eigenvalue weighted by atomic mass is 9.40. The van der Waals surface area contributed by atoms with Gasteiger partial charge in [-0.15, -0.1) is 0 Å². The molecule has 0 radical (unpaired) electrons. The van der Waals surface area contributed by atoms with Gasteiger partial charge in [0.05, 0.1) is 12.1 Å². The highest BCUT2D eigenvalue weighted by Crippen LogP contribution is 2.66. The second-order valence-electron chi connectivity index (χ2n) is 5.55. The molecule has 0 aromatic heterocycles. The summed E-state index contributed by atoms with van der Waals surface area (Å²) >= 11 is 0. The molecule has 3 fully saturated rings. The number of hydrogen-bond acceptors (Lipinski definition) is 2. The van der Waals surface area contributed by atoms with Crippen molar-refractivity contribution in [3.05, 3.63) is 0 Å². The zero-order valence-corrected chi connectivity index (χ0v) is 9.04. The predicted octanol–water partition coefficient (Wildman–Crippen LogP) is 2.72. The smallest absolute Gasteiger partial charge is 0.146 e. The molecule has 3 rings (SSSR count). The lowest BCUT2D eigenvalue weighted by molar-refractivity contribution is -0.135. The monoisotopic (exact) mass is 188 g/mol. The van der Waals surface area contributed by atoms with E-state index in [0.717, 1.165) is 6.42 Å². The van der Waals surface area contributed by atoms with Crippen LogP contribution in [0.5, 0.6) is 0 Å². The molecule has 0 aromatic rings. The molecule has 3 saturated carbocycles. The molecule has 0 spiro atoms. The van der Waals surface area contributed by atoms with Crippen LogP contribution in [-0.4, -0.2) is 0 Å². The van der Waals surface area contributed by atoms with Crippen LogP contribution in [0.15, 0.2) is 0 Å². The van der Waals surface area contributed by atoms with Gasteiger partial charge in [0.1, 0.15) is 5.41 Å². The predicted molar refractivity (Wildman–Crippen MR) is 52.8 cm³/mol. The van der Waals surface area contributed by atoms with Crippen LogP contribution in [0.3, 0.4) is 0 Å². The van der Waals surface area contributed by atoms with Crippen molar-refractivity contribution >= 4 is 0 Å². The van der Waals surface area contributed by atoms with Crippen LogP contribution in [0.4, 0.5) is 0 Å². The van der Waals surface area contributed by atoms with E-state index in [4.69, 9.17) is 10.5 Å². The van der Waals surface area contributed by atoms with Crippen LogP contribution in [0.25, 0.3) is 0 Å². The summed E-state index contributed by atoms with van der Waals surface area (Å²) in [6.07, 6.45) is 2.00. The quantitative estimate of drug-likeness (QED) is 0.586. The molecule has 0 N–H and O–H groups in total. The van der Waals surface area contributed by atoms with Gasteiger partial charge < -0.3 is 0 Å². The molecule has 2 nitrogen and oxygen atoms in total. The SMILES string of the molecule is CC1C2CC(CC1(C#N)C#N)C2(C)C. The Balaban J connectivity index is 2.34. The van der Waals surface area contributed by atoms with Gasteiger partial charge >= 0.3 is 0 Å². The van der Waals surface area contributed by atoms with E-state index < -0.39 is 5.41 Å². The van der Waals surface area contributed by atoms with Crippen LogP contribution >= 0.6 is 0 Å². The van der Waals surface area contributed by atoms with Crippen molar-refractivity contribution in [2.75, 3.05) is 0 Å². The number of fused-ring (bicyclic) bond motifs is 2. The molecule has 14 heavy (non-hydrogen) atoms. The highest BCUT2D eigenvalue weighted by atomic mass is 14.7. The average Bonchev–Trinajstić information content (AvgIpc) is 2.18. The minimum absolute atomic E-state index is 0.234. The maximum absolute atomic E-state index is 9.15. The summed E-state index contributed by atoms with van der Waals surface area (Å²) in [5.74, 6) is 1.39. The Morgan fingerprint density at radius 1 is 1.21 bits per heavy atom. The second-order valence-corrected chi connectivity index (χ2v) is 5.55. The molecule has 3 atom stereocenters. The van der Waals surface area contributed by atoms with E-state index in [0.29, 0.717) is 17.3 Å². The van der Waals surface area contributed by atoms with Crippen molar-refractivity contribution in [3.63, 3.8) is 0 Å². The maximum Gasteiger partial charge on any atom is 0.146 e. The minimum atomic E-state index is -0.691. The summed E-state index contributed by atoms with van der Waals surface area (Å²) in [5, 5.41) is 18.3. The maximum atomic E-state index is 9.15. The number of hydrogen-bond donors (Lipinski definition) is 0. The average molecular weight is 188 g/mol. The van der Waals surface area contributed by atoms with E-state index in [1.165, 1.54) is 6.42 Å². The van der Waals surface area contributed by atoms with Gasteiger partial charge in [-0.3, -0.25) is 0 Å². The highest BCUT2D eigenvalue weighted by molar-refractivity contribution is 5.24. The molecule has 3 aliphatic carbocycles. The van der Waals surface area contributed by atoms with Crippen LogP contribution in [0, 0.1) is 51.2 Å². The first-order chi connectivity index (χ1) is 6.48. The van der Waals surface area contributed by atoms with Crippen molar-refractivity contribution in [1.29, 1.82) is 10.5 Å². The Hall–Kier alpha value is -1.02. The van der Waals surface area contributed by atoms with E-state index in [1.807, 2.05) is 0 Å². The van der Waals surface area contributed by atoms with E-state index in [1.54, 1.807) is 0 Å². The van der Waals surface area contributed by atoms with Gasteiger partial charge in [-0.05, 0) is 36.0 Å². The number of nitriles is 2. The largest absolute Gasteiger partial charge is 0.197 e. The number of nitrogens with zero attached hydrogens (tertiary/aromatic N) is 2. The Morgan fingerprint density at radius 3 is 2.14 bits per heavy atom. The van der Waals surface area contributed by atoms with Crippen LogP contribution in [0.1, 0.15) is 33.6 Å². The summed E-state index contributed by atoms with van der Waals surface area (Å²) in [5.41, 5.74) is -0.334. The highest BCUT2D eigenvalue weighted by Gasteiger charge is 2.62. The molecular weight excluding hydrogens is 172 g/mol. The van der Waals surface area contributed by atoms with Crippen LogP contribution < -0.4 is 0 Å². The number of rotatable bonds is 0. The van der Waals surface area contributed by atoms with E-state index in [-0.39, 0.29) is 5.92 Å². The summed E-state index contributed by atoms with van der Waals surface area (Å²) in [4.78, 5) is 0.